The van der Waals surface area contributed by atoms with Crippen molar-refractivity contribution in [3.63, 3.8) is 0 Å². The summed E-state index contributed by atoms with van der Waals surface area (Å²) in [5.74, 6) is 6.04. The van der Waals surface area contributed by atoms with Gasteiger partial charge in [0.1, 0.15) is 50.3 Å². The van der Waals surface area contributed by atoms with Crippen molar-refractivity contribution in [3.8, 4) is 17.2 Å². The fraction of sp³-hybridized carbons (Fsp3) is 0.200. The van der Waals surface area contributed by atoms with Crippen molar-refractivity contribution in [2.75, 3.05) is 13.2 Å². The molecule has 43 heavy (non-hydrogen) atoms. The Labute approximate surface area is 275 Å². The van der Waals surface area contributed by atoms with Crippen molar-refractivity contribution in [2.24, 2.45) is 0 Å². The van der Waals surface area contributed by atoms with Crippen molar-refractivity contribution in [2.45, 2.75) is 13.5 Å². The quantitative estimate of drug-likeness (QED) is 0.203. The first kappa shape index (κ1) is 34.5. The molecule has 0 saturated heterocycles. The molecule has 0 aromatic heterocycles. The highest BCUT2D eigenvalue weighted by atomic mass is 16.5. The molecule has 0 unspecified atom stereocenters. The summed E-state index contributed by atoms with van der Waals surface area (Å²) in [6.07, 6.45) is -4.50. The fourth-order valence-corrected chi connectivity index (χ4v) is 5.44. The molecule has 0 N–H and O–H groups in total. The molecule has 0 saturated carbocycles. The minimum absolute atomic E-state index is 0.0261. The standard InChI is InChI=1S/C20H18B20O3/c1-14-3-2-4-18(5-14)41-11-15-6-19(42-12-16-9-31(16)39(35(25)26)37(29)33(21)22)8-20(7-15)43-13-17-10-32(17)40(36(27)28)38(30)34(23)24/h2-10H,11-13H2,1H3. The van der Waals surface area contributed by atoms with E-state index < -0.39 is 38.3 Å². The van der Waals surface area contributed by atoms with E-state index in [-0.39, 0.29) is 26.0 Å². The summed E-state index contributed by atoms with van der Waals surface area (Å²) in [4.78, 5) is 0. The van der Waals surface area contributed by atoms with Crippen molar-refractivity contribution >= 4 is 142 Å². The minimum atomic E-state index is -0.736. The monoisotopic (exact) mass is 526 g/mol. The van der Waals surface area contributed by atoms with Crippen LogP contribution in [0.4, 0.5) is 0 Å². The van der Waals surface area contributed by atoms with Gasteiger partial charge in [0, 0.05) is 135 Å². The lowest BCUT2D eigenvalue weighted by atomic mass is 8.57. The first-order valence-electron chi connectivity index (χ1n) is 14.4. The van der Waals surface area contributed by atoms with E-state index in [2.05, 4.69) is 0 Å². The smallest absolute Gasteiger partial charge is 0.148 e. The molecule has 2 aromatic carbocycles. The van der Waals surface area contributed by atoms with Crippen LogP contribution in [-0.2, 0) is 6.61 Å². The third-order valence-corrected chi connectivity index (χ3v) is 8.07. The molecule has 2 aromatic rings. The van der Waals surface area contributed by atoms with E-state index in [4.69, 9.17) is 91.6 Å². The Morgan fingerprint density at radius 1 is 0.558 bits per heavy atom. The summed E-state index contributed by atoms with van der Waals surface area (Å²) < 4.78 is 18.4. The molecule has 23 heteroatoms. The Balaban J connectivity index is 1.42. The first-order valence-corrected chi connectivity index (χ1v) is 14.4. The summed E-state index contributed by atoms with van der Waals surface area (Å²) in [5.41, 5.74) is 4.02. The Hall–Kier alpha value is -1.38. The second-order valence-corrected chi connectivity index (χ2v) is 11.6. The summed E-state index contributed by atoms with van der Waals surface area (Å²) in [5, 5.41) is 0. The second kappa shape index (κ2) is 15.3. The van der Waals surface area contributed by atoms with Gasteiger partial charge in [-0.15, -0.1) is 12.0 Å². The Bertz CT molecular complexity index is 1240. The molecule has 0 atom stereocenters. The molecule has 0 spiro atoms. The zero-order valence-electron chi connectivity index (χ0n) is 24.6. The van der Waals surface area contributed by atoms with Gasteiger partial charge in [-0.3, -0.25) is 0 Å². The van der Waals surface area contributed by atoms with Crippen LogP contribution in [-0.4, -0.2) is 155 Å². The topological polar surface area (TPSA) is 27.7 Å². The largest absolute Gasteiger partial charge is 0.490 e. The van der Waals surface area contributed by atoms with Gasteiger partial charge in [0.25, 0.3) is 0 Å². The van der Waals surface area contributed by atoms with Gasteiger partial charge < -0.3 is 14.2 Å². The average molecular weight is 523 g/mol. The average Bonchev–Trinajstić information content (AvgIpc) is 3.86. The van der Waals surface area contributed by atoms with Crippen molar-refractivity contribution in [1.82, 2.24) is 0 Å². The molecule has 176 valence electrons. The van der Waals surface area contributed by atoms with Crippen LogP contribution in [0, 0.1) is 6.92 Å². The Kier molecular flexibility index (Phi) is 12.2. The first-order chi connectivity index (χ1) is 20.3. The molecule has 3 nitrogen and oxygen atoms in total. The minimum Gasteiger partial charge on any atom is -0.490 e. The van der Waals surface area contributed by atoms with E-state index in [0.29, 0.717) is 31.3 Å². The van der Waals surface area contributed by atoms with E-state index in [1.807, 2.05) is 61.3 Å². The number of aryl methyl sites for hydroxylation is 1. The van der Waals surface area contributed by atoms with Crippen LogP contribution < -0.4 is 14.2 Å². The molecule has 0 amide bonds. The SMILES string of the molecule is [B]B([B])B([B])B(B([B])[B])B1C=C1COc1cc(COc2cccc(C)c2)cc(OCC2=CB2B(B([B])[B])B([B])B([B])[B])c1. The third-order valence-electron chi connectivity index (χ3n) is 8.07. The highest BCUT2D eigenvalue weighted by Crippen LogP contribution is 2.30. The van der Waals surface area contributed by atoms with Crippen LogP contribution in [0.2, 0.25) is 0 Å². The third kappa shape index (κ3) is 9.56. The summed E-state index contributed by atoms with van der Waals surface area (Å²) >= 11 is 0. The lowest BCUT2D eigenvalue weighted by molar-refractivity contribution is 0.301. The lowest BCUT2D eigenvalue weighted by Crippen LogP contribution is -2.64. The summed E-state index contributed by atoms with van der Waals surface area (Å²) in [7, 11) is 59.6. The normalized spacial score (nSPS) is 12.8. The van der Waals surface area contributed by atoms with Gasteiger partial charge in [-0.25, -0.2) is 0 Å². The van der Waals surface area contributed by atoms with E-state index >= 15 is 0 Å². The van der Waals surface area contributed by atoms with Crippen LogP contribution in [0.5, 0.6) is 17.2 Å². The van der Waals surface area contributed by atoms with E-state index in [0.717, 1.165) is 27.8 Å². The zero-order chi connectivity index (χ0) is 31.4. The van der Waals surface area contributed by atoms with Gasteiger partial charge >= 0.3 is 0 Å². The number of hydrogen-bond acceptors (Lipinski definition) is 3. The van der Waals surface area contributed by atoms with Crippen LogP contribution in [0.15, 0.2) is 65.4 Å². The summed E-state index contributed by atoms with van der Waals surface area (Å²) in [6, 6.07) is 13.5. The Morgan fingerprint density at radius 2 is 1.02 bits per heavy atom. The van der Waals surface area contributed by atoms with Crippen LogP contribution >= 0.6 is 0 Å². The van der Waals surface area contributed by atoms with Crippen LogP contribution in [0.1, 0.15) is 11.1 Å². The number of hydrogen-bond donors (Lipinski definition) is 0. The van der Waals surface area contributed by atoms with Crippen molar-refractivity contribution < 1.29 is 14.2 Å². The van der Waals surface area contributed by atoms with Crippen molar-refractivity contribution in [1.29, 1.82) is 0 Å². The number of ether oxygens (including phenoxy) is 3. The molecule has 0 fully saturated rings. The number of rotatable bonds is 17. The highest BCUT2D eigenvalue weighted by Gasteiger charge is 2.44. The molecule has 2 aliphatic heterocycles. The van der Waals surface area contributed by atoms with Gasteiger partial charge in [-0.05, 0) is 42.3 Å². The Morgan fingerprint density at radius 3 is 1.44 bits per heavy atom. The van der Waals surface area contributed by atoms with Gasteiger partial charge in [0.05, 0.1) is 0 Å². The molecule has 0 aliphatic carbocycles. The fourth-order valence-electron chi connectivity index (χ4n) is 5.44. The lowest BCUT2D eigenvalue weighted by Gasteiger charge is -2.26. The van der Waals surface area contributed by atoms with E-state index in [1.54, 1.807) is 0 Å². The molecular weight excluding hydrogens is 504 g/mol. The van der Waals surface area contributed by atoms with Gasteiger partial charge in [-0.1, -0.05) is 23.1 Å². The van der Waals surface area contributed by atoms with Gasteiger partial charge in [0.2, 0.25) is 0 Å². The van der Waals surface area contributed by atoms with Crippen LogP contribution in [0.25, 0.3) is 0 Å². The maximum Gasteiger partial charge on any atom is 0.148 e. The molecule has 2 heterocycles. The van der Waals surface area contributed by atoms with Crippen LogP contribution in [0.3, 0.4) is 0 Å². The molecule has 0 bridgehead atoms. The predicted octanol–water partition coefficient (Wildman–Crippen LogP) is -3.40. The summed E-state index contributed by atoms with van der Waals surface area (Å²) in [6.45, 7) is 2.92. The highest BCUT2D eigenvalue weighted by molar-refractivity contribution is 8.02. The molecule has 4 rings (SSSR count). The van der Waals surface area contributed by atoms with Gasteiger partial charge in [-0.2, -0.15) is 0 Å². The molecular formula is C20H18B20O3. The second-order valence-electron chi connectivity index (χ2n) is 11.6. The predicted molar refractivity (Wildman–Crippen MR) is 204 cm³/mol. The van der Waals surface area contributed by atoms with E-state index in [1.165, 1.54) is 0 Å². The van der Waals surface area contributed by atoms with E-state index in [9.17, 15) is 0 Å². The maximum atomic E-state index is 6.19. The maximum absolute atomic E-state index is 6.19. The molecule has 20 radical (unpaired) electrons. The van der Waals surface area contributed by atoms with Gasteiger partial charge in [0.15, 0.2) is 0 Å². The zero-order valence-corrected chi connectivity index (χ0v) is 24.6. The van der Waals surface area contributed by atoms with Crippen molar-refractivity contribution in [3.05, 3.63) is 76.5 Å². The molecule has 2 aliphatic rings. The number of benzene rings is 2.